The van der Waals surface area contributed by atoms with Gasteiger partial charge in [0.25, 0.3) is 0 Å². The zero-order valence-corrected chi connectivity index (χ0v) is 14.2. The van der Waals surface area contributed by atoms with Crippen molar-refractivity contribution in [2.45, 2.75) is 44.2 Å². The Morgan fingerprint density at radius 1 is 1.33 bits per heavy atom. The maximum atomic E-state index is 11.9. The summed E-state index contributed by atoms with van der Waals surface area (Å²) in [6, 6.07) is 9.99. The van der Waals surface area contributed by atoms with Gasteiger partial charge >= 0.3 is 5.97 Å². The topological polar surface area (TPSA) is 35.5 Å². The molecular weight excluding hydrogens is 332 g/mol. The summed E-state index contributed by atoms with van der Waals surface area (Å²) in [5.41, 5.74) is 1.12. The van der Waals surface area contributed by atoms with E-state index < -0.39 is 0 Å². The Morgan fingerprint density at radius 2 is 2.05 bits per heavy atom. The number of carbonyl (C=O) groups excluding carboxylic acids is 1. The number of hydrogen-bond acceptors (Lipinski definition) is 3. The summed E-state index contributed by atoms with van der Waals surface area (Å²) < 4.78 is 11.1. The molecule has 0 unspecified atom stereocenters. The minimum atomic E-state index is -0.133. The average molecular weight is 355 g/mol. The standard InChI is InChI=1S/C17H23BrO3/c1-12(2)8-15(18)16-9-14(17(19)21-16)11-20-10-13-6-4-3-5-7-13/h3-7,12,14-16H,8-11H2,1-2H3/t14-,15+,16-/m0/s1. The quantitative estimate of drug-likeness (QED) is 0.549. The second-order valence-electron chi connectivity index (χ2n) is 6.05. The molecule has 1 aliphatic rings. The number of carbonyl (C=O) groups is 1. The molecule has 0 bridgehead atoms. The van der Waals surface area contributed by atoms with Gasteiger partial charge in [-0.2, -0.15) is 0 Å². The summed E-state index contributed by atoms with van der Waals surface area (Å²) in [6.45, 7) is 5.32. The van der Waals surface area contributed by atoms with Crippen LogP contribution in [0.25, 0.3) is 0 Å². The third-order valence-corrected chi connectivity index (χ3v) is 4.61. The van der Waals surface area contributed by atoms with E-state index in [0.29, 0.717) is 19.1 Å². The van der Waals surface area contributed by atoms with Crippen LogP contribution in [0.3, 0.4) is 0 Å². The zero-order valence-electron chi connectivity index (χ0n) is 12.6. The number of benzene rings is 1. The van der Waals surface area contributed by atoms with Gasteiger partial charge in [0.1, 0.15) is 6.10 Å². The zero-order chi connectivity index (χ0) is 15.2. The molecule has 1 aromatic rings. The van der Waals surface area contributed by atoms with Gasteiger partial charge in [-0.15, -0.1) is 0 Å². The highest BCUT2D eigenvalue weighted by Gasteiger charge is 2.38. The van der Waals surface area contributed by atoms with Crippen molar-refractivity contribution in [2.24, 2.45) is 11.8 Å². The van der Waals surface area contributed by atoms with E-state index in [1.165, 1.54) is 0 Å². The van der Waals surface area contributed by atoms with E-state index in [1.54, 1.807) is 0 Å². The second kappa shape index (κ2) is 7.95. The van der Waals surface area contributed by atoms with E-state index in [1.807, 2.05) is 30.3 Å². The molecule has 1 aliphatic heterocycles. The molecule has 0 saturated carbocycles. The Morgan fingerprint density at radius 3 is 2.71 bits per heavy atom. The van der Waals surface area contributed by atoms with E-state index >= 15 is 0 Å². The van der Waals surface area contributed by atoms with Crippen molar-refractivity contribution in [2.75, 3.05) is 6.61 Å². The van der Waals surface area contributed by atoms with Gasteiger partial charge in [0.15, 0.2) is 0 Å². The van der Waals surface area contributed by atoms with Crippen LogP contribution in [-0.4, -0.2) is 23.5 Å². The van der Waals surface area contributed by atoms with Crippen LogP contribution in [0.15, 0.2) is 30.3 Å². The Kier molecular flexibility index (Phi) is 6.24. The molecule has 1 heterocycles. The summed E-state index contributed by atoms with van der Waals surface area (Å²) in [4.78, 5) is 12.1. The first-order valence-electron chi connectivity index (χ1n) is 7.52. The average Bonchev–Trinajstić information content (AvgIpc) is 2.81. The fourth-order valence-electron chi connectivity index (χ4n) is 2.52. The van der Waals surface area contributed by atoms with Gasteiger partial charge in [0, 0.05) is 6.42 Å². The Labute approximate surface area is 135 Å². The molecule has 4 heteroatoms. The summed E-state index contributed by atoms with van der Waals surface area (Å²) in [6.07, 6.45) is 1.73. The van der Waals surface area contributed by atoms with Crippen LogP contribution < -0.4 is 0 Å². The van der Waals surface area contributed by atoms with Gasteiger partial charge in [-0.25, -0.2) is 0 Å². The minimum Gasteiger partial charge on any atom is -0.461 e. The van der Waals surface area contributed by atoms with Crippen LogP contribution in [0.1, 0.15) is 32.3 Å². The lowest BCUT2D eigenvalue weighted by atomic mass is 9.99. The molecule has 0 amide bonds. The molecule has 0 aromatic heterocycles. The van der Waals surface area contributed by atoms with E-state index in [0.717, 1.165) is 18.4 Å². The molecule has 3 nitrogen and oxygen atoms in total. The van der Waals surface area contributed by atoms with Gasteiger partial charge in [-0.05, 0) is 17.9 Å². The Balaban J connectivity index is 1.75. The number of ether oxygens (including phenoxy) is 2. The molecule has 2 rings (SSSR count). The van der Waals surface area contributed by atoms with Crippen LogP contribution in [0.4, 0.5) is 0 Å². The van der Waals surface area contributed by atoms with Crippen LogP contribution in [-0.2, 0) is 20.9 Å². The molecule has 0 N–H and O–H groups in total. The number of rotatable bonds is 7. The van der Waals surface area contributed by atoms with Crippen molar-refractivity contribution in [3.8, 4) is 0 Å². The lowest BCUT2D eigenvalue weighted by molar-refractivity contribution is -0.145. The fourth-order valence-corrected chi connectivity index (χ4v) is 3.59. The van der Waals surface area contributed by atoms with Gasteiger partial charge < -0.3 is 9.47 Å². The predicted molar refractivity (Wildman–Crippen MR) is 86.3 cm³/mol. The fraction of sp³-hybridized carbons (Fsp3) is 0.588. The molecule has 3 atom stereocenters. The number of hydrogen-bond donors (Lipinski definition) is 0. The highest BCUT2D eigenvalue weighted by molar-refractivity contribution is 9.09. The van der Waals surface area contributed by atoms with Crippen LogP contribution in [0, 0.1) is 11.8 Å². The number of esters is 1. The smallest absolute Gasteiger partial charge is 0.311 e. The molecule has 1 fully saturated rings. The normalized spacial score (nSPS) is 23.3. The summed E-state index contributed by atoms with van der Waals surface area (Å²) in [5.74, 6) is 0.327. The SMILES string of the molecule is CC(C)C[C@@H](Br)[C@@H]1C[C@@H](COCc2ccccc2)C(=O)O1. The van der Waals surface area contributed by atoms with Crippen LogP contribution in [0.2, 0.25) is 0 Å². The second-order valence-corrected chi connectivity index (χ2v) is 7.23. The summed E-state index contributed by atoms with van der Waals surface area (Å²) in [5, 5.41) is 0. The van der Waals surface area contributed by atoms with Crippen molar-refractivity contribution in [3.63, 3.8) is 0 Å². The Hall–Kier alpha value is -0.870. The number of alkyl halides is 1. The lowest BCUT2D eigenvalue weighted by Gasteiger charge is -2.18. The van der Waals surface area contributed by atoms with Crippen LogP contribution in [0.5, 0.6) is 0 Å². The maximum Gasteiger partial charge on any atom is 0.311 e. The number of halogens is 1. The van der Waals surface area contributed by atoms with Crippen molar-refractivity contribution in [1.29, 1.82) is 0 Å². The highest BCUT2D eigenvalue weighted by Crippen LogP contribution is 2.30. The first-order valence-corrected chi connectivity index (χ1v) is 8.44. The summed E-state index contributed by atoms with van der Waals surface area (Å²) >= 11 is 3.65. The van der Waals surface area contributed by atoms with Gasteiger partial charge in [-0.1, -0.05) is 60.1 Å². The molecule has 1 aromatic carbocycles. The van der Waals surface area contributed by atoms with E-state index in [4.69, 9.17) is 9.47 Å². The highest BCUT2D eigenvalue weighted by atomic mass is 79.9. The Bertz CT molecular complexity index is 447. The molecule has 116 valence electrons. The molecular formula is C17H23BrO3. The van der Waals surface area contributed by atoms with Crippen molar-refractivity contribution in [3.05, 3.63) is 35.9 Å². The summed E-state index contributed by atoms with van der Waals surface area (Å²) in [7, 11) is 0. The van der Waals surface area contributed by atoms with E-state index in [2.05, 4.69) is 29.8 Å². The molecule has 0 aliphatic carbocycles. The number of cyclic esters (lactones) is 1. The minimum absolute atomic E-state index is 0.0229. The lowest BCUT2D eigenvalue weighted by Crippen LogP contribution is -2.21. The monoisotopic (exact) mass is 354 g/mol. The van der Waals surface area contributed by atoms with Crippen molar-refractivity contribution in [1.82, 2.24) is 0 Å². The maximum absolute atomic E-state index is 11.9. The molecule has 21 heavy (non-hydrogen) atoms. The molecule has 0 spiro atoms. The largest absolute Gasteiger partial charge is 0.461 e. The predicted octanol–water partition coefficient (Wildman–Crippen LogP) is 3.94. The third-order valence-electron chi connectivity index (χ3n) is 3.65. The van der Waals surface area contributed by atoms with Gasteiger partial charge in [0.05, 0.1) is 24.0 Å². The van der Waals surface area contributed by atoms with E-state index in [-0.39, 0.29) is 22.8 Å². The first-order chi connectivity index (χ1) is 10.1. The van der Waals surface area contributed by atoms with E-state index in [9.17, 15) is 4.79 Å². The van der Waals surface area contributed by atoms with Crippen molar-refractivity contribution < 1.29 is 14.3 Å². The third kappa shape index (κ3) is 5.11. The van der Waals surface area contributed by atoms with Crippen LogP contribution >= 0.6 is 15.9 Å². The van der Waals surface area contributed by atoms with Gasteiger partial charge in [-0.3, -0.25) is 4.79 Å². The molecule has 1 saturated heterocycles. The molecule has 0 radical (unpaired) electrons. The first kappa shape index (κ1) is 16.5. The van der Waals surface area contributed by atoms with Crippen molar-refractivity contribution >= 4 is 21.9 Å². The van der Waals surface area contributed by atoms with Gasteiger partial charge in [0.2, 0.25) is 0 Å².